The van der Waals surface area contributed by atoms with Crippen LogP contribution in [0.25, 0.3) is 11.3 Å². The first-order valence-electron chi connectivity index (χ1n) is 12.4. The maximum atomic E-state index is 12.9. The zero-order valence-corrected chi connectivity index (χ0v) is 23.3. The van der Waals surface area contributed by atoms with Gasteiger partial charge in [-0.1, -0.05) is 56.6 Å². The maximum absolute atomic E-state index is 12.9. The first kappa shape index (κ1) is 28.3. The predicted molar refractivity (Wildman–Crippen MR) is 147 cm³/mol. The quantitative estimate of drug-likeness (QED) is 0.360. The van der Waals surface area contributed by atoms with Crippen LogP contribution in [-0.4, -0.2) is 38.7 Å². The van der Waals surface area contributed by atoms with Gasteiger partial charge in [-0.3, -0.25) is 9.59 Å². The molecule has 37 heavy (non-hydrogen) atoms. The number of nitrogens with one attached hydrogen (secondary N) is 1. The molecule has 0 bridgehead atoms. The monoisotopic (exact) mass is 525 g/mol. The maximum Gasteiger partial charge on any atom is 0.305 e. The number of carbonyl (C=O) groups excluding carboxylic acids is 1. The largest absolute Gasteiger partial charge is 0.489 e. The molecule has 2 aromatic carbocycles. The molecule has 1 amide bonds. The fourth-order valence-corrected chi connectivity index (χ4v) is 4.62. The van der Waals surface area contributed by atoms with Crippen LogP contribution in [0.1, 0.15) is 68.5 Å². The molecule has 0 fully saturated rings. The van der Waals surface area contributed by atoms with Crippen LogP contribution in [0, 0.1) is 6.92 Å². The number of aryl methyl sites for hydroxylation is 1. The van der Waals surface area contributed by atoms with Crippen molar-refractivity contribution in [1.29, 1.82) is 0 Å². The lowest BCUT2D eigenvalue weighted by Crippen LogP contribution is -2.38. The number of carboxylic acids is 1. The van der Waals surface area contributed by atoms with E-state index in [4.69, 9.17) is 21.3 Å². The van der Waals surface area contributed by atoms with Gasteiger partial charge < -0.3 is 19.7 Å². The topological polar surface area (TPSA) is 93.4 Å². The summed E-state index contributed by atoms with van der Waals surface area (Å²) in [6.07, 6.45) is 0.113. The fraction of sp³-hybridized carbons (Fsp3) is 0.414. The van der Waals surface area contributed by atoms with E-state index in [1.54, 1.807) is 12.1 Å². The summed E-state index contributed by atoms with van der Waals surface area (Å²) in [7, 11) is 2.03. The van der Waals surface area contributed by atoms with Crippen molar-refractivity contribution in [2.24, 2.45) is 7.05 Å². The lowest BCUT2D eigenvalue weighted by Gasteiger charge is -2.22. The fourth-order valence-electron chi connectivity index (χ4n) is 4.40. The highest BCUT2D eigenvalue weighted by atomic mass is 35.5. The molecule has 198 valence electrons. The molecular formula is C29H36ClN3O4. The minimum absolute atomic E-state index is 0.0507. The molecule has 3 rings (SSSR count). The van der Waals surface area contributed by atoms with Crippen LogP contribution in [0.5, 0.6) is 5.75 Å². The van der Waals surface area contributed by atoms with Gasteiger partial charge in [-0.05, 0) is 51.0 Å². The minimum atomic E-state index is -0.987. The third kappa shape index (κ3) is 7.13. The normalized spacial score (nSPS) is 12.5. The Morgan fingerprint density at radius 3 is 2.32 bits per heavy atom. The number of nitrogens with zero attached hydrogens (tertiary/aromatic N) is 2. The van der Waals surface area contributed by atoms with Crippen LogP contribution >= 0.6 is 11.6 Å². The van der Waals surface area contributed by atoms with E-state index >= 15 is 0 Å². The Morgan fingerprint density at radius 2 is 1.78 bits per heavy atom. The Bertz CT molecular complexity index is 1270. The molecule has 7 nitrogen and oxygen atoms in total. The number of aliphatic carboxylic acids is 1. The molecule has 0 aliphatic rings. The van der Waals surface area contributed by atoms with Gasteiger partial charge in [-0.25, -0.2) is 4.98 Å². The van der Waals surface area contributed by atoms with Crippen molar-refractivity contribution in [3.05, 3.63) is 70.1 Å². The molecule has 2 N–H and O–H groups in total. The lowest BCUT2D eigenvalue weighted by molar-refractivity contribution is -0.137. The highest BCUT2D eigenvalue weighted by Crippen LogP contribution is 2.33. The van der Waals surface area contributed by atoms with Gasteiger partial charge in [-0.15, -0.1) is 0 Å². The van der Waals surface area contributed by atoms with E-state index in [9.17, 15) is 14.7 Å². The number of carbonyl (C=O) groups is 2. The number of hydrogen-bond acceptors (Lipinski definition) is 4. The number of hydrogen-bond donors (Lipinski definition) is 2. The molecular weight excluding hydrogens is 490 g/mol. The van der Waals surface area contributed by atoms with E-state index in [0.29, 0.717) is 22.8 Å². The average molecular weight is 526 g/mol. The van der Waals surface area contributed by atoms with Gasteiger partial charge in [0.05, 0.1) is 28.9 Å². The number of ether oxygens (including phenoxy) is 1. The number of aromatic nitrogens is 2. The van der Waals surface area contributed by atoms with Crippen molar-refractivity contribution in [3.63, 3.8) is 0 Å². The molecule has 0 unspecified atom stereocenters. The highest BCUT2D eigenvalue weighted by molar-refractivity contribution is 6.32. The van der Waals surface area contributed by atoms with E-state index in [1.165, 1.54) is 6.07 Å². The van der Waals surface area contributed by atoms with Crippen molar-refractivity contribution in [1.82, 2.24) is 14.9 Å². The molecule has 1 heterocycles. The Hall–Kier alpha value is -3.32. The van der Waals surface area contributed by atoms with E-state index in [1.807, 2.05) is 52.1 Å². The van der Waals surface area contributed by atoms with E-state index in [2.05, 4.69) is 30.7 Å². The molecule has 0 radical (unpaired) electrons. The molecule has 8 heteroatoms. The molecule has 0 aliphatic carbocycles. The van der Waals surface area contributed by atoms with Crippen LogP contribution in [0.15, 0.2) is 42.5 Å². The zero-order valence-electron chi connectivity index (χ0n) is 22.6. The molecule has 3 aromatic rings. The van der Waals surface area contributed by atoms with Crippen molar-refractivity contribution < 1.29 is 19.4 Å². The first-order chi connectivity index (χ1) is 17.3. The number of benzene rings is 2. The molecule has 1 atom stereocenters. The minimum Gasteiger partial charge on any atom is -0.489 e. The van der Waals surface area contributed by atoms with Gasteiger partial charge in [0.25, 0.3) is 5.91 Å². The molecule has 0 saturated carbocycles. The van der Waals surface area contributed by atoms with Crippen LogP contribution < -0.4 is 10.1 Å². The summed E-state index contributed by atoms with van der Waals surface area (Å²) in [5.74, 6) is 0.0595. The van der Waals surface area contributed by atoms with Crippen LogP contribution in [0.3, 0.4) is 0 Å². The molecule has 0 aliphatic heterocycles. The van der Waals surface area contributed by atoms with Gasteiger partial charge in [0, 0.05) is 29.6 Å². The summed E-state index contributed by atoms with van der Waals surface area (Å²) in [6.45, 7) is 12.3. The van der Waals surface area contributed by atoms with Crippen LogP contribution in [0.2, 0.25) is 5.02 Å². The Labute approximate surface area is 223 Å². The summed E-state index contributed by atoms with van der Waals surface area (Å²) >= 11 is 6.28. The highest BCUT2D eigenvalue weighted by Gasteiger charge is 2.25. The third-order valence-corrected chi connectivity index (χ3v) is 6.35. The summed E-state index contributed by atoms with van der Waals surface area (Å²) in [4.78, 5) is 29.2. The molecule has 0 spiro atoms. The Morgan fingerprint density at radius 1 is 1.14 bits per heavy atom. The summed E-state index contributed by atoms with van der Waals surface area (Å²) in [5.41, 5.74) is 4.26. The van der Waals surface area contributed by atoms with E-state index in [0.717, 1.165) is 28.3 Å². The van der Waals surface area contributed by atoms with Crippen molar-refractivity contribution in [2.45, 2.75) is 71.9 Å². The smallest absolute Gasteiger partial charge is 0.305 e. The zero-order chi connectivity index (χ0) is 27.5. The van der Waals surface area contributed by atoms with E-state index < -0.39 is 12.0 Å². The summed E-state index contributed by atoms with van der Waals surface area (Å²) in [6, 6.07) is 12.1. The number of halogens is 1. The number of carboxylic acid groups (broad SMARTS) is 1. The Balaban J connectivity index is 1.78. The summed E-state index contributed by atoms with van der Waals surface area (Å²) in [5, 5.41) is 12.6. The van der Waals surface area contributed by atoms with Crippen molar-refractivity contribution in [3.8, 4) is 17.0 Å². The van der Waals surface area contributed by atoms with Crippen molar-refractivity contribution in [2.75, 3.05) is 0 Å². The van der Waals surface area contributed by atoms with Gasteiger partial charge in [0.1, 0.15) is 11.6 Å². The van der Waals surface area contributed by atoms with Crippen molar-refractivity contribution >= 4 is 23.5 Å². The average Bonchev–Trinajstić information content (AvgIpc) is 3.09. The van der Waals surface area contributed by atoms with Gasteiger partial charge in [0.2, 0.25) is 0 Å². The third-order valence-electron chi connectivity index (χ3n) is 6.05. The van der Waals surface area contributed by atoms with Crippen LogP contribution in [-0.2, 0) is 23.7 Å². The molecule has 0 saturated heterocycles. The van der Waals surface area contributed by atoms with Gasteiger partial charge in [-0.2, -0.15) is 0 Å². The number of imidazole rings is 1. The SMILES string of the molecule is Cc1nc(-c2ccc(C[C@@H](CC(=O)O)NC(=O)c3ccc(OC(C)C)c(Cl)c3)cc2)c(C(C)(C)C)n1C. The Kier molecular flexibility index (Phi) is 8.69. The first-order valence-corrected chi connectivity index (χ1v) is 12.8. The standard InChI is InChI=1S/C29H36ClN3O4/c1-17(2)37-24-13-12-21(15-23(24)30)28(36)32-22(16-25(34)35)14-19-8-10-20(11-9-19)26-27(29(4,5)6)33(7)18(3)31-26/h8-13,15,17,22H,14,16H2,1-7H3,(H,32,36)(H,34,35)/t22-/m0/s1. The second-order valence-corrected chi connectivity index (χ2v) is 11.1. The predicted octanol–water partition coefficient (Wildman–Crippen LogP) is 5.95. The number of rotatable bonds is 9. The molecule has 1 aromatic heterocycles. The van der Waals surface area contributed by atoms with Gasteiger partial charge in [0.15, 0.2) is 0 Å². The lowest BCUT2D eigenvalue weighted by atomic mass is 9.88. The van der Waals surface area contributed by atoms with Gasteiger partial charge >= 0.3 is 5.97 Å². The van der Waals surface area contributed by atoms with Crippen LogP contribution in [0.4, 0.5) is 0 Å². The second-order valence-electron chi connectivity index (χ2n) is 10.6. The number of amides is 1. The summed E-state index contributed by atoms with van der Waals surface area (Å²) < 4.78 is 7.74. The van der Waals surface area contributed by atoms with E-state index in [-0.39, 0.29) is 23.8 Å². The second kappa shape index (κ2) is 11.4.